The predicted octanol–water partition coefficient (Wildman–Crippen LogP) is 4.68. The molecule has 3 rings (SSSR count). The van der Waals surface area contributed by atoms with Crippen molar-refractivity contribution in [3.05, 3.63) is 45.3 Å². The van der Waals surface area contributed by atoms with Crippen LogP contribution in [0.4, 0.5) is 5.13 Å². The number of hydrogen-bond acceptors (Lipinski definition) is 7. The zero-order valence-electron chi connectivity index (χ0n) is 13.0. The predicted molar refractivity (Wildman–Crippen MR) is 101 cm³/mol. The smallest absolute Gasteiger partial charge is 0.236 e. The monoisotopic (exact) mass is 414 g/mol. The maximum absolute atomic E-state index is 12.0. The van der Waals surface area contributed by atoms with Gasteiger partial charge >= 0.3 is 0 Å². The fourth-order valence-corrected chi connectivity index (χ4v) is 3.71. The fourth-order valence-electron chi connectivity index (χ4n) is 1.94. The van der Waals surface area contributed by atoms with Crippen LogP contribution in [0.5, 0.6) is 0 Å². The Balaban J connectivity index is 1.55. The Labute approximate surface area is 161 Å². The van der Waals surface area contributed by atoms with Gasteiger partial charge in [-0.15, -0.1) is 23.1 Å². The molecule has 0 unspecified atom stereocenters. The minimum Gasteiger partial charge on any atom is -0.340 e. The SMILES string of the molecule is Cc1nc(CSCC(=O)Nc2nc(-c3cc(Cl)ccc3Cl)cs2)no1. The van der Waals surface area contributed by atoms with E-state index in [-0.39, 0.29) is 11.7 Å². The zero-order valence-corrected chi connectivity index (χ0v) is 16.1. The van der Waals surface area contributed by atoms with Gasteiger partial charge < -0.3 is 9.84 Å². The fraction of sp³-hybridized carbons (Fsp3) is 0.200. The number of thiazole rings is 1. The lowest BCUT2D eigenvalue weighted by atomic mass is 10.2. The molecule has 0 saturated heterocycles. The molecular weight excluding hydrogens is 403 g/mol. The molecule has 0 radical (unpaired) electrons. The summed E-state index contributed by atoms with van der Waals surface area (Å²) >= 11 is 14.9. The standard InChI is InChI=1S/C15H12Cl2N4O2S2/c1-8-18-13(21-23-8)6-24-7-14(22)20-15-19-12(5-25-15)10-4-9(16)2-3-11(10)17/h2-5H,6-7H2,1H3,(H,19,20,22). The largest absolute Gasteiger partial charge is 0.340 e. The van der Waals surface area contributed by atoms with Crippen LogP contribution >= 0.6 is 46.3 Å². The molecule has 25 heavy (non-hydrogen) atoms. The maximum Gasteiger partial charge on any atom is 0.236 e. The molecule has 0 saturated carbocycles. The number of thioether (sulfide) groups is 1. The van der Waals surface area contributed by atoms with E-state index < -0.39 is 0 Å². The molecule has 1 aromatic carbocycles. The van der Waals surface area contributed by atoms with Crippen LogP contribution < -0.4 is 5.32 Å². The first-order valence-corrected chi connectivity index (χ1v) is 9.88. The Kier molecular flexibility index (Phi) is 5.95. The zero-order chi connectivity index (χ0) is 17.8. The van der Waals surface area contributed by atoms with E-state index in [4.69, 9.17) is 27.7 Å². The lowest BCUT2D eigenvalue weighted by Crippen LogP contribution is -2.14. The Morgan fingerprint density at radius 1 is 1.36 bits per heavy atom. The number of aryl methyl sites for hydroxylation is 1. The van der Waals surface area contributed by atoms with Gasteiger partial charge in [0.2, 0.25) is 11.8 Å². The van der Waals surface area contributed by atoms with Gasteiger partial charge in [0.05, 0.1) is 22.2 Å². The first-order chi connectivity index (χ1) is 12.0. The number of halogens is 2. The van der Waals surface area contributed by atoms with Crippen molar-refractivity contribution in [1.29, 1.82) is 0 Å². The number of anilines is 1. The van der Waals surface area contributed by atoms with E-state index in [0.717, 1.165) is 5.56 Å². The molecular formula is C15H12Cl2N4O2S2. The highest BCUT2D eigenvalue weighted by Gasteiger charge is 2.12. The Morgan fingerprint density at radius 2 is 2.20 bits per heavy atom. The van der Waals surface area contributed by atoms with Gasteiger partial charge in [0.25, 0.3) is 0 Å². The van der Waals surface area contributed by atoms with Crippen LogP contribution in [-0.4, -0.2) is 26.8 Å². The molecule has 2 heterocycles. The first-order valence-electron chi connectivity index (χ1n) is 7.09. The second-order valence-corrected chi connectivity index (χ2v) is 7.62. The van der Waals surface area contributed by atoms with E-state index in [1.807, 2.05) is 5.38 Å². The highest BCUT2D eigenvalue weighted by Crippen LogP contribution is 2.32. The van der Waals surface area contributed by atoms with E-state index in [2.05, 4.69) is 20.4 Å². The van der Waals surface area contributed by atoms with Crippen LogP contribution in [-0.2, 0) is 10.5 Å². The molecule has 0 bridgehead atoms. The van der Waals surface area contributed by atoms with Crippen LogP contribution in [0.2, 0.25) is 10.0 Å². The van der Waals surface area contributed by atoms with E-state index in [0.29, 0.717) is 38.3 Å². The topological polar surface area (TPSA) is 80.9 Å². The number of hydrogen-bond donors (Lipinski definition) is 1. The van der Waals surface area contributed by atoms with Crippen LogP contribution in [0.1, 0.15) is 11.7 Å². The molecule has 0 atom stereocenters. The number of rotatable bonds is 6. The quantitative estimate of drug-likeness (QED) is 0.630. The van der Waals surface area contributed by atoms with Crippen molar-refractivity contribution in [1.82, 2.24) is 15.1 Å². The summed E-state index contributed by atoms with van der Waals surface area (Å²) < 4.78 is 4.88. The van der Waals surface area contributed by atoms with Gasteiger partial charge in [0.15, 0.2) is 11.0 Å². The van der Waals surface area contributed by atoms with Gasteiger partial charge in [-0.25, -0.2) is 4.98 Å². The summed E-state index contributed by atoms with van der Waals surface area (Å²) in [6.07, 6.45) is 0. The number of nitrogens with one attached hydrogen (secondary N) is 1. The van der Waals surface area contributed by atoms with Gasteiger partial charge in [0, 0.05) is 22.9 Å². The minimum atomic E-state index is -0.150. The van der Waals surface area contributed by atoms with Crippen LogP contribution in [0.3, 0.4) is 0 Å². The van der Waals surface area contributed by atoms with E-state index in [1.165, 1.54) is 23.1 Å². The van der Waals surface area contributed by atoms with Crippen molar-refractivity contribution in [2.45, 2.75) is 12.7 Å². The summed E-state index contributed by atoms with van der Waals surface area (Å²) in [7, 11) is 0. The summed E-state index contributed by atoms with van der Waals surface area (Å²) in [6, 6.07) is 5.17. The van der Waals surface area contributed by atoms with E-state index in [1.54, 1.807) is 25.1 Å². The van der Waals surface area contributed by atoms with Gasteiger partial charge in [0.1, 0.15) is 0 Å². The van der Waals surface area contributed by atoms with Crippen molar-refractivity contribution >= 4 is 57.3 Å². The Bertz CT molecular complexity index is 897. The van der Waals surface area contributed by atoms with Crippen LogP contribution in [0.25, 0.3) is 11.3 Å². The lowest BCUT2D eigenvalue weighted by Gasteiger charge is -2.02. The van der Waals surface area contributed by atoms with Gasteiger partial charge in [-0.1, -0.05) is 28.4 Å². The Hall–Kier alpha value is -1.61. The van der Waals surface area contributed by atoms with Crippen molar-refractivity contribution < 1.29 is 9.32 Å². The van der Waals surface area contributed by atoms with Gasteiger partial charge in [-0.05, 0) is 18.2 Å². The third-order valence-corrected chi connectivity index (χ3v) is 5.24. The molecule has 2 aromatic heterocycles. The van der Waals surface area contributed by atoms with E-state index in [9.17, 15) is 4.79 Å². The molecule has 0 aliphatic rings. The molecule has 0 fully saturated rings. The lowest BCUT2D eigenvalue weighted by molar-refractivity contribution is -0.113. The van der Waals surface area contributed by atoms with Crippen molar-refractivity contribution in [3.8, 4) is 11.3 Å². The van der Waals surface area contributed by atoms with Crippen LogP contribution in [0, 0.1) is 6.92 Å². The molecule has 130 valence electrons. The number of aromatic nitrogens is 3. The summed E-state index contributed by atoms with van der Waals surface area (Å²) in [4.78, 5) is 20.5. The van der Waals surface area contributed by atoms with Gasteiger partial charge in [-0.2, -0.15) is 4.98 Å². The molecule has 3 aromatic rings. The average molecular weight is 415 g/mol. The van der Waals surface area contributed by atoms with Gasteiger partial charge in [-0.3, -0.25) is 4.79 Å². The normalized spacial score (nSPS) is 10.8. The highest BCUT2D eigenvalue weighted by atomic mass is 35.5. The summed E-state index contributed by atoms with van der Waals surface area (Å²) in [5.74, 6) is 1.70. The number of nitrogens with zero attached hydrogens (tertiary/aromatic N) is 3. The van der Waals surface area contributed by atoms with E-state index >= 15 is 0 Å². The molecule has 0 spiro atoms. The maximum atomic E-state index is 12.0. The summed E-state index contributed by atoms with van der Waals surface area (Å²) in [5, 5.41) is 10.00. The molecule has 10 heteroatoms. The summed E-state index contributed by atoms with van der Waals surface area (Å²) in [6.45, 7) is 1.72. The molecule has 0 aliphatic carbocycles. The third kappa shape index (κ3) is 4.94. The average Bonchev–Trinajstić information content (AvgIpc) is 3.19. The minimum absolute atomic E-state index is 0.150. The number of amides is 1. The second-order valence-electron chi connectivity index (χ2n) is 4.93. The molecule has 6 nitrogen and oxygen atoms in total. The van der Waals surface area contributed by atoms with Crippen molar-refractivity contribution in [3.63, 3.8) is 0 Å². The Morgan fingerprint density at radius 3 is 2.96 bits per heavy atom. The van der Waals surface area contributed by atoms with Crippen molar-refractivity contribution in [2.24, 2.45) is 0 Å². The number of carbonyl (C=O) groups excluding carboxylic acids is 1. The first kappa shape index (κ1) is 18.2. The molecule has 1 N–H and O–H groups in total. The molecule has 0 aliphatic heterocycles. The molecule has 1 amide bonds. The highest BCUT2D eigenvalue weighted by molar-refractivity contribution is 7.99. The van der Waals surface area contributed by atoms with Crippen molar-refractivity contribution in [2.75, 3.05) is 11.1 Å². The number of benzene rings is 1. The number of carbonyl (C=O) groups is 1. The van der Waals surface area contributed by atoms with Crippen LogP contribution in [0.15, 0.2) is 28.1 Å². The summed E-state index contributed by atoms with van der Waals surface area (Å²) in [5.41, 5.74) is 1.40. The second kappa shape index (κ2) is 8.18. The third-order valence-electron chi connectivity index (χ3n) is 2.99.